The molecule has 0 saturated carbocycles. The van der Waals surface area contributed by atoms with Crippen molar-refractivity contribution in [3.05, 3.63) is 65.4 Å². The first kappa shape index (κ1) is 21.0. The lowest BCUT2D eigenvalue weighted by atomic mass is 10.0. The second-order valence-electron chi connectivity index (χ2n) is 6.96. The number of rotatable bonds is 5. The number of anilines is 1. The van der Waals surface area contributed by atoms with Gasteiger partial charge in [-0.1, -0.05) is 36.4 Å². The fourth-order valence-corrected chi connectivity index (χ4v) is 3.56. The van der Waals surface area contributed by atoms with Gasteiger partial charge in [0.1, 0.15) is 12.4 Å². The highest BCUT2D eigenvalue weighted by molar-refractivity contribution is 6.03. The number of benzene rings is 2. The van der Waals surface area contributed by atoms with Crippen molar-refractivity contribution >= 4 is 17.6 Å². The van der Waals surface area contributed by atoms with E-state index >= 15 is 0 Å². The summed E-state index contributed by atoms with van der Waals surface area (Å²) in [7, 11) is 2.53. The SMILES string of the molecule is COC(=O)C1=C(C(=O)OC)N(c2ccc(-c3ccc(C4OCCO4)cc3)cc2)COC1. The van der Waals surface area contributed by atoms with E-state index in [-0.39, 0.29) is 30.9 Å². The molecule has 8 nitrogen and oxygen atoms in total. The third kappa shape index (κ3) is 4.32. The average Bonchev–Trinajstić information content (AvgIpc) is 3.38. The third-order valence-electron chi connectivity index (χ3n) is 5.15. The zero-order valence-corrected chi connectivity index (χ0v) is 17.3. The van der Waals surface area contributed by atoms with Gasteiger partial charge in [0.25, 0.3) is 0 Å². The fraction of sp³-hybridized carbons (Fsp3) is 0.304. The van der Waals surface area contributed by atoms with E-state index in [1.54, 1.807) is 4.90 Å². The normalized spacial score (nSPS) is 17.0. The molecule has 2 aliphatic rings. The van der Waals surface area contributed by atoms with Gasteiger partial charge in [-0.2, -0.15) is 0 Å². The Morgan fingerprint density at radius 3 is 2.03 bits per heavy atom. The molecule has 0 radical (unpaired) electrons. The van der Waals surface area contributed by atoms with Crippen LogP contribution < -0.4 is 4.90 Å². The Morgan fingerprint density at radius 1 is 0.871 bits per heavy atom. The number of hydrogen-bond donors (Lipinski definition) is 0. The Kier molecular flexibility index (Phi) is 6.31. The summed E-state index contributed by atoms with van der Waals surface area (Å²) in [5.74, 6) is -1.25. The van der Waals surface area contributed by atoms with Gasteiger partial charge in [-0.25, -0.2) is 9.59 Å². The first-order valence-corrected chi connectivity index (χ1v) is 9.81. The second-order valence-corrected chi connectivity index (χ2v) is 6.96. The van der Waals surface area contributed by atoms with Gasteiger partial charge in [0.15, 0.2) is 6.29 Å². The van der Waals surface area contributed by atoms with Crippen LogP contribution >= 0.6 is 0 Å². The van der Waals surface area contributed by atoms with Crippen molar-refractivity contribution in [2.24, 2.45) is 0 Å². The van der Waals surface area contributed by atoms with Crippen molar-refractivity contribution in [2.75, 3.05) is 45.7 Å². The number of ether oxygens (including phenoxy) is 5. The van der Waals surface area contributed by atoms with Crippen LogP contribution in [0.25, 0.3) is 11.1 Å². The van der Waals surface area contributed by atoms with Crippen molar-refractivity contribution in [3.8, 4) is 11.1 Å². The highest BCUT2D eigenvalue weighted by Gasteiger charge is 2.32. The molecule has 0 aromatic heterocycles. The van der Waals surface area contributed by atoms with E-state index in [0.717, 1.165) is 16.7 Å². The van der Waals surface area contributed by atoms with Crippen LogP contribution in [0.3, 0.4) is 0 Å². The number of nitrogens with zero attached hydrogens (tertiary/aromatic N) is 1. The van der Waals surface area contributed by atoms with Gasteiger partial charge in [-0.15, -0.1) is 0 Å². The summed E-state index contributed by atoms with van der Waals surface area (Å²) in [6, 6.07) is 15.6. The first-order chi connectivity index (χ1) is 15.1. The van der Waals surface area contributed by atoms with Gasteiger partial charge < -0.3 is 28.6 Å². The van der Waals surface area contributed by atoms with Crippen molar-refractivity contribution in [1.82, 2.24) is 0 Å². The van der Waals surface area contributed by atoms with E-state index in [4.69, 9.17) is 23.7 Å². The molecule has 0 aliphatic carbocycles. The Morgan fingerprint density at radius 2 is 1.45 bits per heavy atom. The lowest BCUT2D eigenvalue weighted by molar-refractivity contribution is -0.140. The zero-order chi connectivity index (χ0) is 21.8. The van der Waals surface area contributed by atoms with Crippen LogP contribution in [0.15, 0.2) is 59.8 Å². The smallest absolute Gasteiger partial charge is 0.355 e. The van der Waals surface area contributed by atoms with E-state index in [0.29, 0.717) is 18.9 Å². The van der Waals surface area contributed by atoms with E-state index in [1.807, 2.05) is 48.5 Å². The first-order valence-electron chi connectivity index (χ1n) is 9.81. The van der Waals surface area contributed by atoms with Gasteiger partial charge in [0.05, 0.1) is 39.6 Å². The Bertz CT molecular complexity index is 976. The van der Waals surface area contributed by atoms with Gasteiger partial charge in [-0.3, -0.25) is 0 Å². The van der Waals surface area contributed by atoms with E-state index in [9.17, 15) is 9.59 Å². The van der Waals surface area contributed by atoms with Crippen molar-refractivity contribution in [3.63, 3.8) is 0 Å². The standard InChI is InChI=1S/C23H23NO7/c1-27-21(25)19-13-29-14-24(20(19)22(26)28-2)18-9-7-16(8-10-18)15-3-5-17(6-4-15)23-30-11-12-31-23/h3-10,23H,11-14H2,1-2H3. The molecule has 2 aromatic rings. The number of carbonyl (C=O) groups excluding carboxylic acids is 2. The topological polar surface area (TPSA) is 83.5 Å². The van der Waals surface area contributed by atoms with E-state index in [2.05, 4.69) is 0 Å². The second kappa shape index (κ2) is 9.30. The van der Waals surface area contributed by atoms with E-state index < -0.39 is 11.9 Å². The highest BCUT2D eigenvalue weighted by Crippen LogP contribution is 2.30. The minimum atomic E-state index is -0.628. The molecule has 0 unspecified atom stereocenters. The van der Waals surface area contributed by atoms with Crippen LogP contribution in [-0.4, -0.2) is 52.7 Å². The van der Waals surface area contributed by atoms with Gasteiger partial charge in [0, 0.05) is 11.3 Å². The molecule has 1 saturated heterocycles. The molecular formula is C23H23NO7. The predicted molar refractivity (Wildman–Crippen MR) is 111 cm³/mol. The third-order valence-corrected chi connectivity index (χ3v) is 5.15. The number of methoxy groups -OCH3 is 2. The summed E-state index contributed by atoms with van der Waals surface area (Å²) in [5, 5.41) is 0. The minimum absolute atomic E-state index is 0.0214. The molecule has 2 heterocycles. The van der Waals surface area contributed by atoms with Crippen LogP contribution in [0.1, 0.15) is 11.9 Å². The Balaban J connectivity index is 1.59. The van der Waals surface area contributed by atoms with Gasteiger partial charge >= 0.3 is 11.9 Å². The van der Waals surface area contributed by atoms with Crippen molar-refractivity contribution in [2.45, 2.75) is 6.29 Å². The summed E-state index contributed by atoms with van der Waals surface area (Å²) in [4.78, 5) is 26.1. The molecule has 0 spiro atoms. The predicted octanol–water partition coefficient (Wildman–Crippen LogP) is 2.79. The van der Waals surface area contributed by atoms with Crippen LogP contribution in [0, 0.1) is 0 Å². The van der Waals surface area contributed by atoms with Crippen LogP contribution in [0.4, 0.5) is 5.69 Å². The van der Waals surface area contributed by atoms with Crippen molar-refractivity contribution < 1.29 is 33.3 Å². The molecule has 0 bridgehead atoms. The highest BCUT2D eigenvalue weighted by atomic mass is 16.7. The molecule has 1 fully saturated rings. The largest absolute Gasteiger partial charge is 0.466 e. The number of hydrogen-bond acceptors (Lipinski definition) is 8. The maximum Gasteiger partial charge on any atom is 0.355 e. The molecule has 2 aliphatic heterocycles. The molecule has 0 atom stereocenters. The number of carbonyl (C=O) groups is 2. The van der Waals surface area contributed by atoms with E-state index in [1.165, 1.54) is 14.2 Å². The van der Waals surface area contributed by atoms with Crippen LogP contribution in [-0.2, 0) is 33.3 Å². The summed E-state index contributed by atoms with van der Waals surface area (Å²) in [5.41, 5.74) is 3.94. The molecule has 0 amide bonds. The summed E-state index contributed by atoms with van der Waals surface area (Å²) >= 11 is 0. The van der Waals surface area contributed by atoms with Gasteiger partial charge in [-0.05, 0) is 23.3 Å². The number of esters is 2. The van der Waals surface area contributed by atoms with Crippen molar-refractivity contribution in [1.29, 1.82) is 0 Å². The van der Waals surface area contributed by atoms with Crippen LogP contribution in [0.5, 0.6) is 0 Å². The summed E-state index contributed by atoms with van der Waals surface area (Å²) in [6.45, 7) is 1.30. The average molecular weight is 425 g/mol. The molecule has 2 aromatic carbocycles. The molecule has 8 heteroatoms. The maximum atomic E-state index is 12.4. The molecular weight excluding hydrogens is 402 g/mol. The minimum Gasteiger partial charge on any atom is -0.466 e. The van der Waals surface area contributed by atoms with Gasteiger partial charge in [0.2, 0.25) is 0 Å². The molecule has 4 rings (SSSR count). The molecule has 162 valence electrons. The summed E-state index contributed by atoms with van der Waals surface area (Å²) in [6.07, 6.45) is -0.303. The fourth-order valence-electron chi connectivity index (χ4n) is 3.56. The lowest BCUT2D eigenvalue weighted by Crippen LogP contribution is -2.38. The summed E-state index contributed by atoms with van der Waals surface area (Å²) < 4.78 is 26.2. The maximum absolute atomic E-state index is 12.4. The molecule has 0 N–H and O–H groups in total. The quantitative estimate of drug-likeness (QED) is 0.677. The monoisotopic (exact) mass is 425 g/mol. The molecule has 31 heavy (non-hydrogen) atoms. The zero-order valence-electron chi connectivity index (χ0n) is 17.3. The Labute approximate surface area is 179 Å². The van der Waals surface area contributed by atoms with Crippen LogP contribution in [0.2, 0.25) is 0 Å². The lowest BCUT2D eigenvalue weighted by Gasteiger charge is -2.31. The Hall–Kier alpha value is -3.20.